The second kappa shape index (κ2) is 11.6. The molecule has 2 fully saturated rings. The molecule has 3 aliphatic rings. The molecule has 2 amide bonds. The first-order valence-corrected chi connectivity index (χ1v) is 16.3. The van der Waals surface area contributed by atoms with Crippen LogP contribution in [0.4, 0.5) is 18.9 Å². The van der Waals surface area contributed by atoms with Crippen molar-refractivity contribution in [3.63, 3.8) is 0 Å². The summed E-state index contributed by atoms with van der Waals surface area (Å²) < 4.78 is 52.8. The number of fused-ring (bicyclic) bond motifs is 5. The number of hydrogen-bond donors (Lipinski definition) is 0. The van der Waals surface area contributed by atoms with E-state index < -0.39 is 46.2 Å². The van der Waals surface area contributed by atoms with Crippen molar-refractivity contribution in [1.82, 2.24) is 0 Å². The highest BCUT2D eigenvalue weighted by Gasteiger charge is 2.82. The third kappa shape index (κ3) is 4.33. The molecule has 0 unspecified atom stereocenters. The molecule has 5 aromatic carbocycles. The first kappa shape index (κ1) is 32.3. The van der Waals surface area contributed by atoms with Gasteiger partial charge in [0.05, 0.1) is 48.1 Å². The number of methoxy groups -OCH3 is 2. The summed E-state index contributed by atoms with van der Waals surface area (Å²) >= 11 is 0. The predicted octanol–water partition coefficient (Wildman–Crippen LogP) is 7.91. The minimum Gasteiger partial charge on any atom is -0.497 e. The molecule has 2 aliphatic carbocycles. The van der Waals surface area contributed by atoms with E-state index in [1.54, 1.807) is 99.1 Å². The number of Topliss-reactive ketones (excluding diaryl/α,β-unsaturated/α-hetero) is 1. The number of ketones is 1. The Morgan fingerprint density at radius 3 is 1.39 bits per heavy atom. The van der Waals surface area contributed by atoms with Crippen LogP contribution in [0, 0.1) is 11.8 Å². The number of carbonyl (C=O) groups is 3. The Balaban J connectivity index is 1.52. The van der Waals surface area contributed by atoms with Gasteiger partial charge in [-0.25, -0.2) is 4.90 Å². The van der Waals surface area contributed by atoms with Gasteiger partial charge in [0, 0.05) is 0 Å². The zero-order chi connectivity index (χ0) is 35.7. The van der Waals surface area contributed by atoms with Gasteiger partial charge in [0.2, 0.25) is 11.8 Å². The van der Waals surface area contributed by atoms with Crippen molar-refractivity contribution in [1.29, 1.82) is 0 Å². The molecule has 0 spiro atoms. The highest BCUT2D eigenvalue weighted by Crippen LogP contribution is 2.74. The van der Waals surface area contributed by atoms with Crippen molar-refractivity contribution < 1.29 is 37.0 Å². The Labute approximate surface area is 291 Å². The van der Waals surface area contributed by atoms with Gasteiger partial charge in [0.15, 0.2) is 5.78 Å². The van der Waals surface area contributed by atoms with Crippen LogP contribution in [-0.2, 0) is 31.4 Å². The maximum atomic E-state index is 16.0. The fraction of sp³-hybridized carbons (Fsp3) is 0.167. The SMILES string of the molecule is COc1ccc(C2=C(c3ccc(OC)cc3)[C@@]3(c4ccccc4)C(=O)[C@]2(c2ccccc2)[C@@H]2C(=O)N(c4cccc(C(F)(F)F)c4)C(=O)[C@@H]23)cc1. The molecule has 1 saturated heterocycles. The van der Waals surface area contributed by atoms with E-state index >= 15 is 14.4 Å². The molecule has 2 bridgehead atoms. The fourth-order valence-corrected chi connectivity index (χ4v) is 8.72. The van der Waals surface area contributed by atoms with E-state index in [0.29, 0.717) is 44.9 Å². The van der Waals surface area contributed by atoms with Crippen molar-refractivity contribution in [2.75, 3.05) is 19.1 Å². The van der Waals surface area contributed by atoms with Crippen molar-refractivity contribution in [2.24, 2.45) is 11.8 Å². The zero-order valence-electron chi connectivity index (χ0n) is 27.5. The Morgan fingerprint density at radius 1 is 0.569 bits per heavy atom. The maximum Gasteiger partial charge on any atom is 0.416 e. The third-order valence-electron chi connectivity index (χ3n) is 10.6. The molecular formula is C42H30F3NO5. The average Bonchev–Trinajstić information content (AvgIpc) is 3.67. The van der Waals surface area contributed by atoms with Gasteiger partial charge in [-0.3, -0.25) is 14.4 Å². The van der Waals surface area contributed by atoms with E-state index in [1.807, 2.05) is 24.3 Å². The highest BCUT2D eigenvalue weighted by molar-refractivity contribution is 6.39. The van der Waals surface area contributed by atoms with Crippen LogP contribution in [0.25, 0.3) is 11.1 Å². The molecule has 1 aliphatic heterocycles. The van der Waals surface area contributed by atoms with E-state index in [-0.39, 0.29) is 11.5 Å². The van der Waals surface area contributed by atoms with Crippen LogP contribution in [-0.4, -0.2) is 31.8 Å². The molecule has 5 aromatic rings. The second-order valence-corrected chi connectivity index (χ2v) is 12.9. The summed E-state index contributed by atoms with van der Waals surface area (Å²) in [6.45, 7) is 0. The number of carbonyl (C=O) groups excluding carboxylic acids is 3. The molecule has 0 radical (unpaired) electrons. The fourth-order valence-electron chi connectivity index (χ4n) is 8.72. The summed E-state index contributed by atoms with van der Waals surface area (Å²) in [6, 6.07) is 36.4. The zero-order valence-corrected chi connectivity index (χ0v) is 27.5. The van der Waals surface area contributed by atoms with Crippen LogP contribution in [0.2, 0.25) is 0 Å². The molecular weight excluding hydrogens is 655 g/mol. The van der Waals surface area contributed by atoms with Crippen LogP contribution in [0.3, 0.4) is 0 Å². The number of imide groups is 1. The third-order valence-corrected chi connectivity index (χ3v) is 10.6. The molecule has 4 atom stereocenters. The number of halogens is 3. The number of nitrogens with zero attached hydrogens (tertiary/aromatic N) is 1. The average molecular weight is 686 g/mol. The van der Waals surface area contributed by atoms with E-state index in [4.69, 9.17) is 9.47 Å². The van der Waals surface area contributed by atoms with Crippen molar-refractivity contribution in [2.45, 2.75) is 17.0 Å². The van der Waals surface area contributed by atoms with E-state index in [9.17, 15) is 13.2 Å². The molecule has 1 saturated carbocycles. The standard InChI is InChI=1S/C42H30F3NO5/c1-50-31-20-16-25(17-21-31)33-34(26-18-22-32(51-2)23-19-26)41(28-12-7-4-8-13-28)36-35(40(33,39(41)49)27-10-5-3-6-11-27)37(47)46(38(36)48)30-15-9-14-29(24-30)42(43,44)45/h3-24,35-36H,1-2H3/t35-,36+,40-,41+. The normalized spacial score (nSPS) is 23.9. The van der Waals surface area contributed by atoms with Gasteiger partial charge in [-0.15, -0.1) is 0 Å². The van der Waals surface area contributed by atoms with Crippen LogP contribution < -0.4 is 14.4 Å². The number of rotatable bonds is 7. The minimum atomic E-state index is -4.71. The number of hydrogen-bond acceptors (Lipinski definition) is 5. The Hall–Kier alpha value is -5.96. The second-order valence-electron chi connectivity index (χ2n) is 12.9. The predicted molar refractivity (Wildman–Crippen MR) is 185 cm³/mol. The number of benzene rings is 5. The van der Waals surface area contributed by atoms with Crippen molar-refractivity contribution in [3.05, 3.63) is 161 Å². The summed E-state index contributed by atoms with van der Waals surface area (Å²) in [4.78, 5) is 47.0. The molecule has 0 aromatic heterocycles. The van der Waals surface area contributed by atoms with Crippen LogP contribution in [0.15, 0.2) is 133 Å². The molecule has 9 heteroatoms. The number of allylic oxidation sites excluding steroid dienone is 2. The molecule has 0 N–H and O–H groups in total. The molecule has 51 heavy (non-hydrogen) atoms. The van der Waals surface area contributed by atoms with E-state index in [2.05, 4.69) is 0 Å². The number of amides is 2. The monoisotopic (exact) mass is 685 g/mol. The number of ether oxygens (including phenoxy) is 2. The smallest absolute Gasteiger partial charge is 0.416 e. The van der Waals surface area contributed by atoms with Crippen LogP contribution in [0.1, 0.15) is 27.8 Å². The minimum absolute atomic E-state index is 0.204. The first-order valence-electron chi connectivity index (χ1n) is 16.3. The summed E-state index contributed by atoms with van der Waals surface area (Å²) in [7, 11) is 3.09. The van der Waals surface area contributed by atoms with Crippen molar-refractivity contribution in [3.8, 4) is 11.5 Å². The van der Waals surface area contributed by atoms with Gasteiger partial charge in [-0.1, -0.05) is 91.0 Å². The van der Waals surface area contributed by atoms with Crippen LogP contribution >= 0.6 is 0 Å². The largest absolute Gasteiger partial charge is 0.497 e. The summed E-state index contributed by atoms with van der Waals surface area (Å²) in [5, 5.41) is 0. The highest BCUT2D eigenvalue weighted by atomic mass is 19.4. The van der Waals surface area contributed by atoms with E-state index in [1.165, 1.54) is 12.1 Å². The van der Waals surface area contributed by atoms with E-state index in [0.717, 1.165) is 17.0 Å². The maximum absolute atomic E-state index is 16.0. The summed E-state index contributed by atoms with van der Waals surface area (Å²) in [6.07, 6.45) is -4.71. The van der Waals surface area contributed by atoms with Gasteiger partial charge >= 0.3 is 6.18 Å². The Bertz CT molecular complexity index is 2100. The first-order chi connectivity index (χ1) is 24.6. The summed E-state index contributed by atoms with van der Waals surface area (Å²) in [5.74, 6) is -3.23. The van der Waals surface area contributed by atoms with Gasteiger partial charge in [0.1, 0.15) is 11.5 Å². The Kier molecular flexibility index (Phi) is 7.31. The van der Waals surface area contributed by atoms with Crippen molar-refractivity contribution >= 4 is 34.4 Å². The lowest BCUT2D eigenvalue weighted by molar-refractivity contribution is -0.137. The van der Waals surface area contributed by atoms with Gasteiger partial charge in [0.25, 0.3) is 0 Å². The Morgan fingerprint density at radius 2 is 1.00 bits per heavy atom. The summed E-state index contributed by atoms with van der Waals surface area (Å²) in [5.41, 5.74) is -1.27. The molecule has 8 rings (SSSR count). The lowest BCUT2D eigenvalue weighted by Crippen LogP contribution is -2.45. The van der Waals surface area contributed by atoms with Gasteiger partial charge in [-0.05, 0) is 75.9 Å². The molecule has 1 heterocycles. The van der Waals surface area contributed by atoms with Gasteiger partial charge < -0.3 is 9.47 Å². The number of alkyl halides is 3. The topological polar surface area (TPSA) is 72.9 Å². The molecule has 254 valence electrons. The quantitative estimate of drug-likeness (QED) is 0.163. The van der Waals surface area contributed by atoms with Gasteiger partial charge in [-0.2, -0.15) is 13.2 Å². The lowest BCUT2D eigenvalue weighted by atomic mass is 9.59. The lowest BCUT2D eigenvalue weighted by Gasteiger charge is -2.39. The number of anilines is 1. The van der Waals surface area contributed by atoms with Crippen LogP contribution in [0.5, 0.6) is 11.5 Å². The molecule has 6 nitrogen and oxygen atoms in total.